The monoisotopic (exact) mass is 394 g/mol. The molecule has 0 bridgehead atoms. The van der Waals surface area contributed by atoms with Crippen LogP contribution in [0.15, 0.2) is 6.20 Å². The molecule has 154 valence electrons. The number of rotatable bonds is 6. The summed E-state index contributed by atoms with van der Waals surface area (Å²) in [6.45, 7) is 7.88. The molecule has 7 nitrogen and oxygen atoms in total. The highest BCUT2D eigenvalue weighted by atomic mass is 16.2. The lowest BCUT2D eigenvalue weighted by molar-refractivity contribution is -0.133. The van der Waals surface area contributed by atoms with Gasteiger partial charge in [-0.3, -0.25) is 4.79 Å². The molecule has 2 N–H and O–H groups in total. The van der Waals surface area contributed by atoms with Gasteiger partial charge in [0, 0.05) is 68.6 Å². The number of nitrogens with zero attached hydrogens (tertiary/aromatic N) is 4. The lowest BCUT2D eigenvalue weighted by atomic mass is 9.94. The summed E-state index contributed by atoms with van der Waals surface area (Å²) in [7, 11) is 1.81. The predicted octanol–water partition coefficient (Wildman–Crippen LogP) is 2.80. The summed E-state index contributed by atoms with van der Waals surface area (Å²) in [6, 6.07) is 2.44. The van der Waals surface area contributed by atoms with E-state index in [1.54, 1.807) is 13.2 Å². The van der Waals surface area contributed by atoms with Crippen molar-refractivity contribution >= 4 is 23.5 Å². The second-order valence-electron chi connectivity index (χ2n) is 7.85. The van der Waals surface area contributed by atoms with E-state index in [2.05, 4.69) is 23.2 Å². The Morgan fingerprint density at radius 1 is 1.41 bits per heavy atom. The molecule has 1 amide bonds. The quantitative estimate of drug-likeness (QED) is 0.723. The molecule has 0 spiro atoms. The van der Waals surface area contributed by atoms with E-state index in [4.69, 9.17) is 10.4 Å². The Bertz CT molecular complexity index is 880. The maximum absolute atomic E-state index is 12.2. The van der Waals surface area contributed by atoms with Gasteiger partial charge in [-0.25, -0.2) is 4.98 Å². The van der Waals surface area contributed by atoms with Crippen molar-refractivity contribution < 1.29 is 4.79 Å². The summed E-state index contributed by atoms with van der Waals surface area (Å²) >= 11 is 0. The van der Waals surface area contributed by atoms with E-state index in [0.29, 0.717) is 37.5 Å². The maximum Gasteiger partial charge on any atom is 0.222 e. The van der Waals surface area contributed by atoms with Crippen molar-refractivity contribution in [1.82, 2.24) is 15.2 Å². The third-order valence-corrected chi connectivity index (χ3v) is 5.83. The van der Waals surface area contributed by atoms with Crippen LogP contribution in [0.4, 0.5) is 5.82 Å². The van der Waals surface area contributed by atoms with Crippen molar-refractivity contribution in [3.8, 4) is 6.07 Å². The van der Waals surface area contributed by atoms with Crippen molar-refractivity contribution in [3.63, 3.8) is 0 Å². The molecule has 1 aliphatic heterocycles. The van der Waals surface area contributed by atoms with E-state index in [9.17, 15) is 10.1 Å². The molecule has 7 heteroatoms. The molecule has 1 atom stereocenters. The lowest BCUT2D eigenvalue weighted by Gasteiger charge is -2.41. The molecule has 2 fully saturated rings. The van der Waals surface area contributed by atoms with Gasteiger partial charge in [0.05, 0.1) is 11.3 Å². The van der Waals surface area contributed by atoms with Gasteiger partial charge in [-0.05, 0) is 32.3 Å². The number of amides is 1. The van der Waals surface area contributed by atoms with Crippen molar-refractivity contribution in [3.05, 3.63) is 28.6 Å². The van der Waals surface area contributed by atoms with E-state index in [1.165, 1.54) is 6.21 Å². The summed E-state index contributed by atoms with van der Waals surface area (Å²) < 4.78 is 0. The molecule has 1 unspecified atom stereocenters. The van der Waals surface area contributed by atoms with Crippen LogP contribution in [-0.4, -0.2) is 54.7 Å². The number of hydrogen-bond acceptors (Lipinski definition) is 6. The number of carbonyl (C=O) groups excluding carboxylic acids is 1. The predicted molar refractivity (Wildman–Crippen MR) is 115 cm³/mol. The fourth-order valence-electron chi connectivity index (χ4n) is 4.16. The van der Waals surface area contributed by atoms with Gasteiger partial charge in [-0.1, -0.05) is 6.92 Å². The Kier molecular flexibility index (Phi) is 6.21. The maximum atomic E-state index is 12.2. The number of aromatic nitrogens is 1. The number of anilines is 1. The van der Waals surface area contributed by atoms with Crippen LogP contribution in [-0.2, 0) is 4.79 Å². The Hall–Kier alpha value is -2.88. The van der Waals surface area contributed by atoms with Crippen LogP contribution in [0, 0.1) is 23.7 Å². The number of carbonyl (C=O) groups is 1. The van der Waals surface area contributed by atoms with Gasteiger partial charge < -0.3 is 20.5 Å². The number of pyridine rings is 1. The topological polar surface area (TPSA) is 96.1 Å². The number of piperazine rings is 1. The molecule has 3 rings (SSSR count). The average molecular weight is 395 g/mol. The molecule has 0 radical (unpaired) electrons. The first-order valence-electron chi connectivity index (χ1n) is 10.3. The summed E-state index contributed by atoms with van der Waals surface area (Å²) in [5, 5.41) is 20.8. The smallest absolute Gasteiger partial charge is 0.222 e. The zero-order valence-electron chi connectivity index (χ0n) is 17.7. The minimum Gasteiger partial charge on any atom is -0.393 e. The first-order valence-corrected chi connectivity index (χ1v) is 10.3. The van der Waals surface area contributed by atoms with Gasteiger partial charge in [0.2, 0.25) is 5.91 Å². The van der Waals surface area contributed by atoms with Gasteiger partial charge in [-0.2, -0.15) is 5.26 Å². The zero-order chi connectivity index (χ0) is 21.1. The summed E-state index contributed by atoms with van der Waals surface area (Å²) in [5.74, 6) is 1.28. The highest BCUT2D eigenvalue weighted by Crippen LogP contribution is 2.44. The van der Waals surface area contributed by atoms with Gasteiger partial charge in [0.25, 0.3) is 0 Å². The van der Waals surface area contributed by atoms with Crippen LogP contribution in [0.3, 0.4) is 0 Å². The molecule has 1 aromatic rings. The van der Waals surface area contributed by atoms with E-state index in [0.717, 1.165) is 41.1 Å². The molecule has 1 aromatic heterocycles. The largest absolute Gasteiger partial charge is 0.393 e. The van der Waals surface area contributed by atoms with Gasteiger partial charge in [0.15, 0.2) is 0 Å². The van der Waals surface area contributed by atoms with Gasteiger partial charge in [-0.15, -0.1) is 0 Å². The van der Waals surface area contributed by atoms with Crippen LogP contribution in [0.5, 0.6) is 0 Å². The summed E-state index contributed by atoms with van der Waals surface area (Å²) in [4.78, 5) is 21.2. The minimum atomic E-state index is 0.0789. The molecule has 2 aliphatic rings. The first-order chi connectivity index (χ1) is 14.0. The second kappa shape index (κ2) is 8.64. The van der Waals surface area contributed by atoms with Gasteiger partial charge in [0.1, 0.15) is 11.9 Å². The molecular weight excluding hydrogens is 364 g/mol. The van der Waals surface area contributed by atoms with Crippen molar-refractivity contribution in [1.29, 1.82) is 10.7 Å². The standard InChI is InChI=1S/C22H30N6O/c1-5-19(29)28-9-8-27(13-14(28)2)22-18(11-24)15(3)20(17(10-23)12-25-4)21(26-22)16-6-7-16/h10,12,14,16,23,25H,5-9,13H2,1-4H3/b17-12+,23-10?. The fourth-order valence-corrected chi connectivity index (χ4v) is 4.16. The SMILES string of the molecule is CCC(=O)N1CCN(c2nc(C3CC3)c(/C(C=N)=C/NC)c(C)c2C#N)CC1C. The molecule has 29 heavy (non-hydrogen) atoms. The molecule has 1 aliphatic carbocycles. The molecule has 2 heterocycles. The zero-order valence-corrected chi connectivity index (χ0v) is 17.7. The van der Waals surface area contributed by atoms with E-state index >= 15 is 0 Å². The molecular formula is C22H30N6O. The summed E-state index contributed by atoms with van der Waals surface area (Å²) in [6.07, 6.45) is 5.80. The number of nitrogens with one attached hydrogen (secondary N) is 2. The fraction of sp³-hybridized carbons (Fsp3) is 0.545. The van der Waals surface area contributed by atoms with Crippen LogP contribution in [0.25, 0.3) is 5.57 Å². The van der Waals surface area contributed by atoms with Crippen LogP contribution < -0.4 is 10.2 Å². The number of hydrogen-bond donors (Lipinski definition) is 2. The van der Waals surface area contributed by atoms with E-state index in [-0.39, 0.29) is 11.9 Å². The minimum absolute atomic E-state index is 0.0789. The lowest BCUT2D eigenvalue weighted by Crippen LogP contribution is -2.54. The molecule has 0 aromatic carbocycles. The Labute approximate surface area is 172 Å². The number of allylic oxidation sites excluding steroid dienone is 1. The van der Waals surface area contributed by atoms with Crippen LogP contribution >= 0.6 is 0 Å². The van der Waals surface area contributed by atoms with E-state index < -0.39 is 0 Å². The highest BCUT2D eigenvalue weighted by Gasteiger charge is 2.34. The number of nitriles is 1. The Morgan fingerprint density at radius 3 is 2.66 bits per heavy atom. The first kappa shape index (κ1) is 20.8. The van der Waals surface area contributed by atoms with Crippen molar-refractivity contribution in [2.75, 3.05) is 31.6 Å². The van der Waals surface area contributed by atoms with Crippen LogP contribution in [0.1, 0.15) is 61.4 Å². The highest BCUT2D eigenvalue weighted by molar-refractivity contribution is 6.09. The summed E-state index contributed by atoms with van der Waals surface area (Å²) in [5.41, 5.74) is 4.08. The van der Waals surface area contributed by atoms with E-state index in [1.807, 2.05) is 18.7 Å². The molecule has 1 saturated carbocycles. The Morgan fingerprint density at radius 2 is 2.14 bits per heavy atom. The van der Waals surface area contributed by atoms with Crippen molar-refractivity contribution in [2.45, 2.75) is 52.0 Å². The molecule has 1 saturated heterocycles. The van der Waals surface area contributed by atoms with Crippen LogP contribution in [0.2, 0.25) is 0 Å². The third kappa shape index (κ3) is 3.98. The van der Waals surface area contributed by atoms with Crippen molar-refractivity contribution in [2.24, 2.45) is 0 Å². The second-order valence-corrected chi connectivity index (χ2v) is 7.85. The normalized spacial score (nSPS) is 19.7. The average Bonchev–Trinajstić information content (AvgIpc) is 3.56. The van der Waals surface area contributed by atoms with Gasteiger partial charge >= 0.3 is 0 Å². The third-order valence-electron chi connectivity index (χ3n) is 5.83. The Balaban J connectivity index is 2.05.